The van der Waals surface area contributed by atoms with E-state index in [1.54, 1.807) is 4.57 Å². The smallest absolute Gasteiger partial charge is 0.236 e. The molecular weight excluding hydrogens is 488 g/mol. The average molecular weight is 527 g/mol. The number of anilines is 1. The van der Waals surface area contributed by atoms with E-state index in [0.717, 1.165) is 12.0 Å². The number of aliphatic hydroxyl groups is 2. The quantitative estimate of drug-likeness (QED) is 0.183. The van der Waals surface area contributed by atoms with E-state index in [0.29, 0.717) is 50.1 Å². The van der Waals surface area contributed by atoms with Crippen molar-refractivity contribution < 1.29 is 19.7 Å². The molecule has 4 rings (SSSR count). The van der Waals surface area contributed by atoms with Gasteiger partial charge in [-0.15, -0.1) is 0 Å². The van der Waals surface area contributed by atoms with Crippen LogP contribution in [0, 0.1) is 5.92 Å². The minimum Gasteiger partial charge on any atom is -0.388 e. The van der Waals surface area contributed by atoms with E-state index in [4.69, 9.17) is 16.2 Å². The minimum atomic E-state index is -1.19. The Morgan fingerprint density at radius 3 is 2.71 bits per heavy atom. The summed E-state index contributed by atoms with van der Waals surface area (Å²) in [6.45, 7) is 3.89. The summed E-state index contributed by atoms with van der Waals surface area (Å²) in [6.07, 6.45) is 1.42. The number of imidazole rings is 1. The summed E-state index contributed by atoms with van der Waals surface area (Å²) in [7, 11) is 0. The highest BCUT2D eigenvalue weighted by Gasteiger charge is 2.45. The number of fused-ring (bicyclic) bond motifs is 1. The number of hydrogen-bond acceptors (Lipinski definition) is 10. The van der Waals surface area contributed by atoms with Crippen molar-refractivity contribution in [2.45, 2.75) is 69.7 Å². The normalized spacial score (nSPS) is 22.9. The lowest BCUT2D eigenvalue weighted by atomic mass is 9.91. The molecule has 0 spiro atoms. The van der Waals surface area contributed by atoms with Gasteiger partial charge in [-0.25, -0.2) is 15.0 Å². The van der Waals surface area contributed by atoms with E-state index in [9.17, 15) is 15.0 Å². The number of rotatable bonds is 13. The first-order valence-corrected chi connectivity index (χ1v) is 13.1. The number of aromatic nitrogens is 4. The van der Waals surface area contributed by atoms with E-state index >= 15 is 0 Å². The Morgan fingerprint density at radius 2 is 1.95 bits per heavy atom. The van der Waals surface area contributed by atoms with Crippen molar-refractivity contribution in [1.29, 1.82) is 0 Å². The lowest BCUT2D eigenvalue weighted by Gasteiger charge is -2.24. The lowest BCUT2D eigenvalue weighted by molar-refractivity contribution is -0.122. The van der Waals surface area contributed by atoms with Crippen LogP contribution in [0.15, 0.2) is 43.0 Å². The molecular formula is C26H38N8O4. The Labute approximate surface area is 221 Å². The van der Waals surface area contributed by atoms with Crippen molar-refractivity contribution in [3.8, 4) is 0 Å². The van der Waals surface area contributed by atoms with Crippen LogP contribution in [-0.4, -0.2) is 73.1 Å². The van der Waals surface area contributed by atoms with E-state index in [-0.39, 0.29) is 17.6 Å². The number of carbonyl (C=O) groups is 1. The highest BCUT2D eigenvalue weighted by atomic mass is 16.6. The molecule has 3 aromatic rings. The van der Waals surface area contributed by atoms with Crippen LogP contribution in [0.1, 0.15) is 44.4 Å². The van der Waals surface area contributed by atoms with E-state index < -0.39 is 30.6 Å². The largest absolute Gasteiger partial charge is 0.388 e. The topological polar surface area (TPSA) is 186 Å². The van der Waals surface area contributed by atoms with Gasteiger partial charge in [0.25, 0.3) is 0 Å². The fourth-order valence-corrected chi connectivity index (χ4v) is 4.78. The van der Waals surface area contributed by atoms with Crippen molar-refractivity contribution in [2.24, 2.45) is 11.7 Å². The molecule has 2 aromatic heterocycles. The van der Waals surface area contributed by atoms with Gasteiger partial charge >= 0.3 is 0 Å². The predicted molar refractivity (Wildman–Crippen MR) is 142 cm³/mol. The van der Waals surface area contributed by atoms with Crippen LogP contribution >= 0.6 is 0 Å². The molecule has 12 heteroatoms. The average Bonchev–Trinajstić information content (AvgIpc) is 3.48. The maximum Gasteiger partial charge on any atom is 0.236 e. The van der Waals surface area contributed by atoms with Gasteiger partial charge in [0.2, 0.25) is 5.91 Å². The van der Waals surface area contributed by atoms with E-state index in [1.165, 1.54) is 12.7 Å². The first-order valence-electron chi connectivity index (χ1n) is 13.1. The summed E-state index contributed by atoms with van der Waals surface area (Å²) in [5.41, 5.74) is 14.0. The number of carbonyl (C=O) groups excluding carboxylic acids is 1. The fraction of sp³-hybridized carbons (Fsp3) is 0.538. The van der Waals surface area contributed by atoms with Crippen molar-refractivity contribution in [3.05, 3.63) is 48.5 Å². The highest BCUT2D eigenvalue weighted by molar-refractivity contribution is 5.81. The molecule has 1 fully saturated rings. The van der Waals surface area contributed by atoms with Crippen LogP contribution in [0.5, 0.6) is 0 Å². The Morgan fingerprint density at radius 1 is 1.16 bits per heavy atom. The van der Waals surface area contributed by atoms with Gasteiger partial charge in [0.15, 0.2) is 17.7 Å². The van der Waals surface area contributed by atoms with Crippen LogP contribution in [0.25, 0.3) is 11.2 Å². The third kappa shape index (κ3) is 6.63. The monoisotopic (exact) mass is 526 g/mol. The number of nitrogens with two attached hydrogens (primary N) is 2. The summed E-state index contributed by atoms with van der Waals surface area (Å²) in [4.78, 5) is 24.7. The van der Waals surface area contributed by atoms with Gasteiger partial charge < -0.3 is 37.1 Å². The minimum absolute atomic E-state index is 0.0341. The lowest BCUT2D eigenvalue weighted by Crippen LogP contribution is -2.41. The number of nitrogens with zero attached hydrogens (tertiary/aromatic N) is 4. The number of aliphatic hydroxyl groups excluding tert-OH is 2. The van der Waals surface area contributed by atoms with Crippen LogP contribution in [-0.2, 0) is 16.1 Å². The molecule has 6 atom stereocenters. The van der Waals surface area contributed by atoms with Gasteiger partial charge in [0.1, 0.15) is 24.1 Å². The van der Waals surface area contributed by atoms with Crippen LogP contribution in [0.4, 0.5) is 5.82 Å². The van der Waals surface area contributed by atoms with E-state index in [1.807, 2.05) is 37.3 Å². The standard InChI is InChI=1S/C26H38N8O4/c1-2-10-30-25(37)18(27)9-8-17(13-29-12-16-6-4-3-5-7-16)11-19-21(35)22(36)26(38-19)34-15-33-20-23(28)31-14-32-24(20)34/h3-7,14-15,17-19,21-22,26,29,35-36H,2,8-13,27H2,1H3,(H,30,37)(H2,28,31,32)/t17-,18-,19+,21+,22+,26+/m0/s1. The van der Waals surface area contributed by atoms with Crippen molar-refractivity contribution >= 4 is 22.9 Å². The number of hydrogen-bond donors (Lipinski definition) is 6. The summed E-state index contributed by atoms with van der Waals surface area (Å²) >= 11 is 0. The summed E-state index contributed by atoms with van der Waals surface area (Å²) < 4.78 is 7.73. The fourth-order valence-electron chi connectivity index (χ4n) is 4.78. The Hall–Kier alpha value is -3.16. The maximum atomic E-state index is 12.3. The first kappa shape index (κ1) is 27.9. The van der Waals surface area contributed by atoms with Gasteiger partial charge in [-0.3, -0.25) is 9.36 Å². The molecule has 38 heavy (non-hydrogen) atoms. The van der Waals surface area contributed by atoms with Gasteiger partial charge in [0.05, 0.1) is 18.5 Å². The summed E-state index contributed by atoms with van der Waals surface area (Å²) in [5.74, 6) is 0.0952. The molecule has 0 saturated carbocycles. The molecule has 0 bridgehead atoms. The van der Waals surface area contributed by atoms with Crippen molar-refractivity contribution in [2.75, 3.05) is 18.8 Å². The first-order chi connectivity index (χ1) is 18.4. The molecule has 1 saturated heterocycles. The van der Waals surface area contributed by atoms with Crippen molar-refractivity contribution in [1.82, 2.24) is 30.2 Å². The van der Waals surface area contributed by atoms with Gasteiger partial charge in [0, 0.05) is 13.1 Å². The number of amides is 1. The molecule has 1 aliphatic heterocycles. The molecule has 3 heterocycles. The molecule has 0 radical (unpaired) electrons. The molecule has 8 N–H and O–H groups in total. The SMILES string of the molecule is CCCNC(=O)[C@@H](N)CC[C@H](CNCc1ccccc1)C[C@H]1O[C@@H](n2cnc3c(N)ncnc32)[C@H](O)[C@@H]1O. The molecule has 0 unspecified atom stereocenters. The third-order valence-corrected chi connectivity index (χ3v) is 6.94. The summed E-state index contributed by atoms with van der Waals surface area (Å²) in [5, 5.41) is 28.1. The number of benzene rings is 1. The number of ether oxygens (including phenoxy) is 1. The number of nitrogen functional groups attached to an aromatic ring is 1. The van der Waals surface area contributed by atoms with E-state index in [2.05, 4.69) is 25.6 Å². The van der Waals surface area contributed by atoms with Crippen LogP contribution in [0.3, 0.4) is 0 Å². The second-order valence-corrected chi connectivity index (χ2v) is 9.82. The molecule has 1 aromatic carbocycles. The van der Waals surface area contributed by atoms with Crippen LogP contribution in [0.2, 0.25) is 0 Å². The zero-order valence-electron chi connectivity index (χ0n) is 21.6. The van der Waals surface area contributed by atoms with Gasteiger partial charge in [-0.1, -0.05) is 37.3 Å². The van der Waals surface area contributed by atoms with Crippen LogP contribution < -0.4 is 22.1 Å². The Kier molecular flexibility index (Phi) is 9.58. The molecule has 0 aliphatic carbocycles. The molecule has 1 amide bonds. The second-order valence-electron chi connectivity index (χ2n) is 9.82. The summed E-state index contributed by atoms with van der Waals surface area (Å²) in [6, 6.07) is 9.44. The molecule has 1 aliphatic rings. The zero-order valence-corrected chi connectivity index (χ0v) is 21.6. The Bertz CT molecular complexity index is 1180. The van der Waals surface area contributed by atoms with Gasteiger partial charge in [-0.2, -0.15) is 0 Å². The molecule has 12 nitrogen and oxygen atoms in total. The predicted octanol–water partition coefficient (Wildman–Crippen LogP) is 0.458. The highest BCUT2D eigenvalue weighted by Crippen LogP contribution is 2.35. The zero-order chi connectivity index (χ0) is 27.1. The number of nitrogens with one attached hydrogen (secondary N) is 2. The van der Waals surface area contributed by atoms with Gasteiger partial charge in [-0.05, 0) is 43.7 Å². The molecule has 206 valence electrons. The maximum absolute atomic E-state index is 12.3. The second kappa shape index (κ2) is 13.1. The third-order valence-electron chi connectivity index (χ3n) is 6.94. The Balaban J connectivity index is 1.42. The van der Waals surface area contributed by atoms with Crippen molar-refractivity contribution in [3.63, 3.8) is 0 Å².